The summed E-state index contributed by atoms with van der Waals surface area (Å²) in [5.41, 5.74) is 3.66. The van der Waals surface area contributed by atoms with Crippen molar-refractivity contribution in [2.45, 2.75) is 12.8 Å². The molecule has 0 saturated carbocycles. The predicted octanol–water partition coefficient (Wildman–Crippen LogP) is 4.24. The lowest BCUT2D eigenvalue weighted by molar-refractivity contribution is 0.414. The monoisotopic (exact) mass is 365 g/mol. The van der Waals surface area contributed by atoms with E-state index >= 15 is 0 Å². The van der Waals surface area contributed by atoms with Gasteiger partial charge >= 0.3 is 0 Å². The Bertz CT molecular complexity index is 816. The lowest BCUT2D eigenvalue weighted by atomic mass is 10.2. The van der Waals surface area contributed by atoms with Crippen LogP contribution in [0.2, 0.25) is 0 Å². The fraction of sp³-hybridized carbons (Fsp3) is 0.200. The molecule has 0 aliphatic carbocycles. The summed E-state index contributed by atoms with van der Waals surface area (Å²) in [5, 5.41) is 0. The zero-order valence-corrected chi connectivity index (χ0v) is 13.9. The van der Waals surface area contributed by atoms with Crippen LogP contribution >= 0.6 is 27.5 Å². The lowest BCUT2D eigenvalue weighted by Gasteiger charge is -2.10. The molecule has 0 atom stereocenters. The summed E-state index contributed by atoms with van der Waals surface area (Å²) in [4.78, 5) is 9.06. The van der Waals surface area contributed by atoms with Crippen LogP contribution < -0.4 is 4.74 Å². The third kappa shape index (κ3) is 2.51. The number of hydrogen-bond acceptors (Lipinski definition) is 3. The van der Waals surface area contributed by atoms with E-state index in [-0.39, 0.29) is 0 Å². The molecular weight excluding hydrogens is 354 g/mol. The van der Waals surface area contributed by atoms with Crippen LogP contribution in [0.3, 0.4) is 0 Å². The molecule has 1 aromatic carbocycles. The standard InChI is InChI=1S/C15H13BrClN3O/c1-9-3-4-18-15-14(9)19-13(8-17)20(15)11-5-10(16)6-12(7-11)21-2/h3-7H,8H2,1-2H3. The Morgan fingerprint density at radius 2 is 2.14 bits per heavy atom. The minimum atomic E-state index is 0.310. The van der Waals surface area contributed by atoms with E-state index in [4.69, 9.17) is 16.3 Å². The topological polar surface area (TPSA) is 39.9 Å². The molecular formula is C15H13BrClN3O. The van der Waals surface area contributed by atoms with Crippen molar-refractivity contribution in [3.63, 3.8) is 0 Å². The Kier molecular flexibility index (Phi) is 3.87. The van der Waals surface area contributed by atoms with Crippen molar-refractivity contribution in [3.8, 4) is 11.4 Å². The van der Waals surface area contributed by atoms with Crippen LogP contribution in [0.5, 0.6) is 5.75 Å². The van der Waals surface area contributed by atoms with Crippen molar-refractivity contribution in [1.29, 1.82) is 0 Å². The highest BCUT2D eigenvalue weighted by molar-refractivity contribution is 9.10. The Labute approximate surface area is 135 Å². The maximum atomic E-state index is 6.07. The lowest BCUT2D eigenvalue weighted by Crippen LogP contribution is -2.01. The van der Waals surface area contributed by atoms with Gasteiger partial charge in [0, 0.05) is 16.7 Å². The van der Waals surface area contributed by atoms with Gasteiger partial charge in [0.1, 0.15) is 17.1 Å². The number of imidazole rings is 1. The molecule has 0 radical (unpaired) electrons. The number of aryl methyl sites for hydroxylation is 1. The highest BCUT2D eigenvalue weighted by atomic mass is 79.9. The molecule has 21 heavy (non-hydrogen) atoms. The first kappa shape index (κ1) is 14.4. The zero-order valence-electron chi connectivity index (χ0n) is 11.6. The molecule has 2 heterocycles. The van der Waals surface area contributed by atoms with Gasteiger partial charge in [0.25, 0.3) is 0 Å². The number of ether oxygens (including phenoxy) is 1. The van der Waals surface area contributed by atoms with Crippen LogP contribution in [-0.4, -0.2) is 21.6 Å². The van der Waals surface area contributed by atoms with E-state index in [2.05, 4.69) is 25.9 Å². The number of rotatable bonds is 3. The van der Waals surface area contributed by atoms with Crippen molar-refractivity contribution in [1.82, 2.24) is 14.5 Å². The van der Waals surface area contributed by atoms with Crippen LogP contribution in [0, 0.1) is 6.92 Å². The van der Waals surface area contributed by atoms with Gasteiger partial charge in [-0.3, -0.25) is 4.57 Å². The molecule has 0 saturated heterocycles. The molecule has 0 fully saturated rings. The van der Waals surface area contributed by atoms with Crippen molar-refractivity contribution < 1.29 is 4.74 Å². The number of benzene rings is 1. The average molecular weight is 367 g/mol. The highest BCUT2D eigenvalue weighted by Crippen LogP contribution is 2.28. The summed E-state index contributed by atoms with van der Waals surface area (Å²) in [6.45, 7) is 2.01. The summed E-state index contributed by atoms with van der Waals surface area (Å²) in [6.07, 6.45) is 1.78. The Hall–Kier alpha value is -1.59. The van der Waals surface area contributed by atoms with Crippen molar-refractivity contribution >= 4 is 38.7 Å². The molecule has 108 valence electrons. The Morgan fingerprint density at radius 1 is 1.33 bits per heavy atom. The van der Waals surface area contributed by atoms with Crippen LogP contribution in [0.1, 0.15) is 11.4 Å². The molecule has 0 aliphatic rings. The summed E-state index contributed by atoms with van der Waals surface area (Å²) in [5.74, 6) is 1.83. The summed E-state index contributed by atoms with van der Waals surface area (Å²) < 4.78 is 8.21. The zero-order chi connectivity index (χ0) is 15.0. The van der Waals surface area contributed by atoms with Gasteiger partial charge in [-0.15, -0.1) is 11.6 Å². The van der Waals surface area contributed by atoms with Crippen LogP contribution in [0.15, 0.2) is 34.9 Å². The summed E-state index contributed by atoms with van der Waals surface area (Å²) in [7, 11) is 1.64. The van der Waals surface area contributed by atoms with Gasteiger partial charge in [0.15, 0.2) is 5.65 Å². The number of methoxy groups -OCH3 is 1. The highest BCUT2D eigenvalue weighted by Gasteiger charge is 2.15. The summed E-state index contributed by atoms with van der Waals surface area (Å²) >= 11 is 9.56. The molecule has 3 rings (SSSR count). The van der Waals surface area contributed by atoms with Crippen LogP contribution in [-0.2, 0) is 5.88 Å². The first-order chi connectivity index (χ1) is 10.1. The number of pyridine rings is 1. The molecule has 0 aliphatic heterocycles. The quantitative estimate of drug-likeness (QED) is 0.651. The van der Waals surface area contributed by atoms with Gasteiger partial charge in [-0.1, -0.05) is 15.9 Å². The SMILES string of the molecule is COc1cc(Br)cc(-n2c(CCl)nc3c(C)ccnc32)c1. The van der Waals surface area contributed by atoms with E-state index in [1.165, 1.54) is 0 Å². The van der Waals surface area contributed by atoms with E-state index in [1.807, 2.05) is 35.8 Å². The largest absolute Gasteiger partial charge is 0.497 e. The maximum absolute atomic E-state index is 6.07. The van der Waals surface area contributed by atoms with Gasteiger partial charge in [0.05, 0.1) is 18.7 Å². The van der Waals surface area contributed by atoms with Crippen molar-refractivity contribution in [2.75, 3.05) is 7.11 Å². The summed E-state index contributed by atoms with van der Waals surface area (Å²) in [6, 6.07) is 7.77. The number of aromatic nitrogens is 3. The molecule has 3 aromatic rings. The van der Waals surface area contributed by atoms with E-state index in [1.54, 1.807) is 13.3 Å². The number of fused-ring (bicyclic) bond motifs is 1. The second kappa shape index (κ2) is 5.66. The number of alkyl halides is 1. The van der Waals surface area contributed by atoms with Crippen molar-refractivity contribution in [2.24, 2.45) is 0 Å². The number of hydrogen-bond donors (Lipinski definition) is 0. The fourth-order valence-corrected chi connectivity index (χ4v) is 2.93. The molecule has 0 bridgehead atoms. The van der Waals surface area contributed by atoms with Gasteiger partial charge in [-0.25, -0.2) is 9.97 Å². The van der Waals surface area contributed by atoms with E-state index < -0.39 is 0 Å². The molecule has 6 heteroatoms. The van der Waals surface area contributed by atoms with E-state index in [0.717, 1.165) is 38.5 Å². The minimum Gasteiger partial charge on any atom is -0.497 e. The molecule has 0 amide bonds. The fourth-order valence-electron chi connectivity index (χ4n) is 2.30. The number of nitrogens with zero attached hydrogens (tertiary/aromatic N) is 3. The van der Waals surface area contributed by atoms with Crippen LogP contribution in [0.25, 0.3) is 16.9 Å². The first-order valence-corrected chi connectivity index (χ1v) is 7.70. The second-order valence-electron chi connectivity index (χ2n) is 4.65. The van der Waals surface area contributed by atoms with E-state index in [9.17, 15) is 0 Å². The first-order valence-electron chi connectivity index (χ1n) is 6.38. The van der Waals surface area contributed by atoms with Gasteiger partial charge in [0.2, 0.25) is 0 Å². The molecule has 2 aromatic heterocycles. The van der Waals surface area contributed by atoms with Gasteiger partial charge < -0.3 is 4.74 Å². The Morgan fingerprint density at radius 3 is 2.86 bits per heavy atom. The van der Waals surface area contributed by atoms with Crippen LogP contribution in [0.4, 0.5) is 0 Å². The average Bonchev–Trinajstić information content (AvgIpc) is 2.86. The minimum absolute atomic E-state index is 0.310. The molecule has 4 nitrogen and oxygen atoms in total. The normalized spacial score (nSPS) is 11.0. The molecule has 0 unspecified atom stereocenters. The maximum Gasteiger partial charge on any atom is 0.164 e. The molecule has 0 spiro atoms. The smallest absolute Gasteiger partial charge is 0.164 e. The Balaban J connectivity index is 2.33. The van der Waals surface area contributed by atoms with E-state index in [0.29, 0.717) is 5.88 Å². The van der Waals surface area contributed by atoms with Gasteiger partial charge in [-0.05, 0) is 30.7 Å². The second-order valence-corrected chi connectivity index (χ2v) is 5.83. The third-order valence-corrected chi connectivity index (χ3v) is 3.98. The number of halogens is 2. The predicted molar refractivity (Wildman–Crippen MR) is 87.4 cm³/mol. The molecule has 0 N–H and O–H groups in total. The van der Waals surface area contributed by atoms with Gasteiger partial charge in [-0.2, -0.15) is 0 Å². The van der Waals surface area contributed by atoms with Crippen molar-refractivity contribution in [3.05, 3.63) is 46.3 Å². The third-order valence-electron chi connectivity index (χ3n) is 3.29.